The van der Waals surface area contributed by atoms with E-state index in [2.05, 4.69) is 27.3 Å². The molecule has 0 aliphatic carbocycles. The van der Waals surface area contributed by atoms with Gasteiger partial charge in [0, 0.05) is 17.1 Å². The maximum atomic E-state index is 4.24. The van der Waals surface area contributed by atoms with Gasteiger partial charge >= 0.3 is 0 Å². The number of hydrogen-bond acceptors (Lipinski definition) is 3. The molecule has 2 radical (unpaired) electrons. The molecule has 0 aliphatic rings. The van der Waals surface area contributed by atoms with Gasteiger partial charge in [-0.15, -0.1) is 0 Å². The largest absolute Gasteiger partial charge is 0.245 e. The van der Waals surface area contributed by atoms with Crippen molar-refractivity contribution in [1.29, 1.82) is 0 Å². The van der Waals surface area contributed by atoms with Gasteiger partial charge in [-0.05, 0) is 18.2 Å². The topological polar surface area (TPSA) is 38.7 Å². The zero-order valence-corrected chi connectivity index (χ0v) is 8.38. The first-order valence-corrected chi connectivity index (χ1v) is 4.90. The third-order valence-corrected chi connectivity index (χ3v) is 2.29. The number of nitrogens with zero attached hydrogens (tertiary/aromatic N) is 3. The highest BCUT2D eigenvalue weighted by Crippen LogP contribution is 2.18. The van der Waals surface area contributed by atoms with Crippen LogP contribution in [0.5, 0.6) is 0 Å². The summed E-state index contributed by atoms with van der Waals surface area (Å²) in [5.41, 5.74) is 1.71. The zero-order chi connectivity index (χ0) is 10.8. The van der Waals surface area contributed by atoms with Crippen molar-refractivity contribution in [3.8, 4) is 11.4 Å². The Labute approximate surface area is 92.8 Å². The second-order valence-electron chi connectivity index (χ2n) is 3.35. The number of hydrogen-bond donors (Lipinski definition) is 0. The van der Waals surface area contributed by atoms with Crippen molar-refractivity contribution in [2.24, 2.45) is 0 Å². The molecule has 0 atom stereocenters. The van der Waals surface area contributed by atoms with E-state index in [4.69, 9.17) is 0 Å². The van der Waals surface area contributed by atoms with E-state index in [0.717, 1.165) is 16.5 Å². The van der Waals surface area contributed by atoms with E-state index in [0.29, 0.717) is 5.82 Å². The molecule has 0 unspecified atom stereocenters. The second kappa shape index (κ2) is 3.70. The Balaban J connectivity index is 2.19. The maximum Gasteiger partial charge on any atom is 0.162 e. The number of fused-ring (bicyclic) bond motifs is 1. The minimum atomic E-state index is 0.598. The van der Waals surface area contributed by atoms with Crippen molar-refractivity contribution in [2.45, 2.75) is 0 Å². The van der Waals surface area contributed by atoms with Gasteiger partial charge in [-0.1, -0.05) is 18.2 Å². The number of para-hydroxylation sites is 1. The van der Waals surface area contributed by atoms with Crippen LogP contribution in [0.1, 0.15) is 0 Å². The van der Waals surface area contributed by atoms with Gasteiger partial charge in [0.25, 0.3) is 0 Å². The maximum absolute atomic E-state index is 4.24. The van der Waals surface area contributed by atoms with Crippen molar-refractivity contribution in [2.75, 3.05) is 0 Å². The first kappa shape index (κ1) is 8.97. The lowest BCUT2D eigenvalue weighted by Gasteiger charge is -2.00. The fourth-order valence-electron chi connectivity index (χ4n) is 1.53. The molecule has 3 nitrogen and oxygen atoms in total. The Morgan fingerprint density at radius 3 is 2.88 bits per heavy atom. The van der Waals surface area contributed by atoms with Gasteiger partial charge in [-0.3, -0.25) is 0 Å². The molecule has 2 heterocycles. The molecule has 1 aromatic carbocycles. The Bertz CT molecular complexity index is 620. The fraction of sp³-hybridized carbons (Fsp3) is 0. The van der Waals surface area contributed by atoms with E-state index in [-0.39, 0.29) is 0 Å². The lowest BCUT2D eigenvalue weighted by molar-refractivity contribution is 1.16. The van der Waals surface area contributed by atoms with Crippen LogP contribution >= 0.6 is 0 Å². The number of pyridine rings is 1. The smallest absolute Gasteiger partial charge is 0.162 e. The van der Waals surface area contributed by atoms with Gasteiger partial charge in [0.2, 0.25) is 0 Å². The van der Waals surface area contributed by atoms with E-state index in [1.54, 1.807) is 12.3 Å². The van der Waals surface area contributed by atoms with Crippen molar-refractivity contribution < 1.29 is 0 Å². The molecule has 0 spiro atoms. The van der Waals surface area contributed by atoms with Crippen LogP contribution < -0.4 is 0 Å². The summed E-state index contributed by atoms with van der Waals surface area (Å²) in [5, 5.41) is 1.06. The van der Waals surface area contributed by atoms with Crippen molar-refractivity contribution in [3.05, 3.63) is 55.0 Å². The second-order valence-corrected chi connectivity index (χ2v) is 3.35. The third kappa shape index (κ3) is 1.52. The van der Waals surface area contributed by atoms with Crippen LogP contribution in [-0.2, 0) is 0 Å². The third-order valence-electron chi connectivity index (χ3n) is 2.29. The van der Waals surface area contributed by atoms with E-state index in [9.17, 15) is 0 Å². The molecule has 0 saturated heterocycles. The van der Waals surface area contributed by atoms with Gasteiger partial charge in [0.15, 0.2) is 5.82 Å². The molecular formula is C13H7N3. The zero-order valence-electron chi connectivity index (χ0n) is 8.38. The summed E-state index contributed by atoms with van der Waals surface area (Å²) in [6.45, 7) is 0. The predicted molar refractivity (Wildman–Crippen MR) is 60.4 cm³/mol. The Kier molecular flexibility index (Phi) is 2.07. The van der Waals surface area contributed by atoms with Gasteiger partial charge in [-0.25, -0.2) is 15.0 Å². The monoisotopic (exact) mass is 205 g/mol. The molecule has 0 aliphatic heterocycles. The number of rotatable bonds is 1. The van der Waals surface area contributed by atoms with E-state index in [1.165, 1.54) is 0 Å². The van der Waals surface area contributed by atoms with Gasteiger partial charge in [0.1, 0.15) is 6.20 Å². The molecule has 3 rings (SSSR count). The molecule has 16 heavy (non-hydrogen) atoms. The summed E-state index contributed by atoms with van der Waals surface area (Å²) < 4.78 is 0. The normalized spacial score (nSPS) is 10.5. The minimum Gasteiger partial charge on any atom is -0.245 e. The van der Waals surface area contributed by atoms with Crippen LogP contribution in [-0.4, -0.2) is 15.0 Å². The summed E-state index contributed by atoms with van der Waals surface area (Å²) in [6.07, 6.45) is 7.34. The summed E-state index contributed by atoms with van der Waals surface area (Å²) in [7, 11) is 0. The Morgan fingerprint density at radius 2 is 2.00 bits per heavy atom. The van der Waals surface area contributed by atoms with Crippen LogP contribution in [0.15, 0.2) is 42.6 Å². The molecule has 2 aromatic heterocycles. The van der Waals surface area contributed by atoms with Crippen molar-refractivity contribution >= 4 is 10.9 Å². The summed E-state index contributed by atoms with van der Waals surface area (Å²) in [4.78, 5) is 12.4. The van der Waals surface area contributed by atoms with Crippen LogP contribution in [0.4, 0.5) is 0 Å². The molecule has 3 aromatic rings. The van der Waals surface area contributed by atoms with Crippen molar-refractivity contribution in [3.63, 3.8) is 0 Å². The summed E-state index contributed by atoms with van der Waals surface area (Å²) in [6, 6.07) is 11.5. The van der Waals surface area contributed by atoms with Crippen molar-refractivity contribution in [1.82, 2.24) is 15.0 Å². The Morgan fingerprint density at radius 1 is 1.06 bits per heavy atom. The van der Waals surface area contributed by atoms with Crippen LogP contribution in [0.3, 0.4) is 0 Å². The average Bonchev–Trinajstić information content (AvgIpc) is 2.39. The summed E-state index contributed by atoms with van der Waals surface area (Å²) >= 11 is 0. The quantitative estimate of drug-likeness (QED) is 0.611. The highest BCUT2D eigenvalue weighted by atomic mass is 14.9. The first-order valence-electron chi connectivity index (χ1n) is 4.90. The lowest BCUT2D eigenvalue weighted by atomic mass is 10.1. The molecule has 0 amide bonds. The first-order chi connectivity index (χ1) is 7.93. The lowest BCUT2D eigenvalue weighted by Crippen LogP contribution is -1.89. The van der Waals surface area contributed by atoms with E-state index < -0.39 is 0 Å². The van der Waals surface area contributed by atoms with Crippen LogP contribution in [0, 0.1) is 12.4 Å². The van der Waals surface area contributed by atoms with Gasteiger partial charge in [0.05, 0.1) is 11.7 Å². The SMILES string of the molecule is [c]1ccnc(-c2[c]nc3ccccc3c2)n1. The minimum absolute atomic E-state index is 0.598. The highest BCUT2D eigenvalue weighted by molar-refractivity contribution is 5.81. The highest BCUT2D eigenvalue weighted by Gasteiger charge is 2.02. The number of aromatic nitrogens is 3. The molecule has 0 bridgehead atoms. The Hall–Kier alpha value is -2.29. The molecule has 74 valence electrons. The number of benzene rings is 1. The average molecular weight is 205 g/mol. The molecule has 0 saturated carbocycles. The summed E-state index contributed by atoms with van der Waals surface area (Å²) in [5.74, 6) is 0.598. The van der Waals surface area contributed by atoms with Gasteiger partial charge in [-0.2, -0.15) is 0 Å². The van der Waals surface area contributed by atoms with E-state index >= 15 is 0 Å². The predicted octanol–water partition coefficient (Wildman–Crippen LogP) is 2.29. The standard InChI is InChI=1S/C13H7N3/c1-2-5-12-10(4-1)8-11(9-16-12)13-14-6-3-7-15-13/h1-6,8H. The van der Waals surface area contributed by atoms with Crippen LogP contribution in [0.25, 0.3) is 22.3 Å². The molecule has 0 N–H and O–H groups in total. The molecule has 3 heteroatoms. The van der Waals surface area contributed by atoms with E-state index in [1.807, 2.05) is 30.3 Å². The van der Waals surface area contributed by atoms with Crippen LogP contribution in [0.2, 0.25) is 0 Å². The van der Waals surface area contributed by atoms with Gasteiger partial charge < -0.3 is 0 Å². The fourth-order valence-corrected chi connectivity index (χ4v) is 1.53. The molecule has 0 fully saturated rings. The molecular weight excluding hydrogens is 198 g/mol.